The standard InChI is InChI=1S/C19H19BrN4O2S2/c1-12-18(27-11-8-21)28-19(22-12)23-16(25)13-6-9-24(10-7-13)17(26)14-2-4-15(20)5-3-14/h2-5,13H,6-7,9-11H2,1H3,(H,22,23,25). The SMILES string of the molecule is Cc1nc(NC(=O)C2CCN(C(=O)c3ccc(Br)cc3)CC2)sc1SCC#N. The number of carbonyl (C=O) groups is 2. The van der Waals surface area contributed by atoms with Crippen molar-refractivity contribution in [2.24, 2.45) is 5.92 Å². The highest BCUT2D eigenvalue weighted by molar-refractivity contribution is 9.10. The van der Waals surface area contributed by atoms with Crippen molar-refractivity contribution < 1.29 is 9.59 Å². The molecule has 1 aromatic heterocycles. The lowest BCUT2D eigenvalue weighted by atomic mass is 9.95. The number of thiazole rings is 1. The lowest BCUT2D eigenvalue weighted by Gasteiger charge is -2.31. The molecule has 1 aliphatic heterocycles. The Labute approximate surface area is 180 Å². The van der Waals surface area contributed by atoms with E-state index in [1.807, 2.05) is 19.1 Å². The Bertz CT molecular complexity index is 900. The normalized spacial score (nSPS) is 14.5. The largest absolute Gasteiger partial charge is 0.339 e. The van der Waals surface area contributed by atoms with Crippen LogP contribution in [0.4, 0.5) is 5.13 Å². The van der Waals surface area contributed by atoms with Crippen molar-refractivity contribution in [3.05, 3.63) is 40.0 Å². The quantitative estimate of drug-likeness (QED) is 0.646. The van der Waals surface area contributed by atoms with Gasteiger partial charge < -0.3 is 10.2 Å². The van der Waals surface area contributed by atoms with Gasteiger partial charge in [-0.25, -0.2) is 4.98 Å². The number of halogens is 1. The maximum Gasteiger partial charge on any atom is 0.253 e. The fraction of sp³-hybridized carbons (Fsp3) is 0.368. The molecule has 2 aromatic rings. The number of carbonyl (C=O) groups excluding carboxylic acids is 2. The van der Waals surface area contributed by atoms with Crippen molar-refractivity contribution >= 4 is 56.0 Å². The number of rotatable bonds is 5. The van der Waals surface area contributed by atoms with E-state index in [4.69, 9.17) is 5.26 Å². The third kappa shape index (κ3) is 5.13. The molecule has 9 heteroatoms. The van der Waals surface area contributed by atoms with Crippen molar-refractivity contribution in [1.82, 2.24) is 9.88 Å². The number of likely N-dealkylation sites (tertiary alicyclic amines) is 1. The summed E-state index contributed by atoms with van der Waals surface area (Å²) in [4.78, 5) is 31.3. The monoisotopic (exact) mass is 478 g/mol. The Morgan fingerprint density at radius 3 is 2.68 bits per heavy atom. The molecule has 28 heavy (non-hydrogen) atoms. The van der Waals surface area contributed by atoms with Crippen LogP contribution in [-0.2, 0) is 4.79 Å². The van der Waals surface area contributed by atoms with Crippen LogP contribution in [0.2, 0.25) is 0 Å². The van der Waals surface area contributed by atoms with Gasteiger partial charge in [-0.2, -0.15) is 5.26 Å². The zero-order valence-corrected chi connectivity index (χ0v) is 18.5. The smallest absolute Gasteiger partial charge is 0.253 e. The molecular weight excluding hydrogens is 460 g/mol. The number of nitrogens with zero attached hydrogens (tertiary/aromatic N) is 3. The number of piperidine rings is 1. The summed E-state index contributed by atoms with van der Waals surface area (Å²) < 4.78 is 1.89. The van der Waals surface area contributed by atoms with Crippen molar-refractivity contribution in [2.75, 3.05) is 24.2 Å². The predicted octanol–water partition coefficient (Wildman–Crippen LogP) is 4.32. The van der Waals surface area contributed by atoms with Gasteiger partial charge >= 0.3 is 0 Å². The van der Waals surface area contributed by atoms with Crippen molar-refractivity contribution in [1.29, 1.82) is 5.26 Å². The Balaban J connectivity index is 1.53. The molecule has 2 heterocycles. The van der Waals surface area contributed by atoms with Gasteiger partial charge in [-0.15, -0.1) is 0 Å². The van der Waals surface area contributed by atoms with Crippen LogP contribution < -0.4 is 5.32 Å². The number of nitriles is 1. The predicted molar refractivity (Wildman–Crippen MR) is 115 cm³/mol. The second kappa shape index (κ2) is 9.54. The summed E-state index contributed by atoms with van der Waals surface area (Å²) in [6, 6.07) is 9.41. The number of aromatic nitrogens is 1. The van der Waals surface area contributed by atoms with Crippen LogP contribution in [0.5, 0.6) is 0 Å². The highest BCUT2D eigenvalue weighted by atomic mass is 79.9. The topological polar surface area (TPSA) is 86.1 Å². The van der Waals surface area contributed by atoms with Crippen LogP contribution >= 0.6 is 39.0 Å². The number of hydrogen-bond donors (Lipinski definition) is 1. The Kier molecular flexibility index (Phi) is 7.10. The number of anilines is 1. The number of hydrogen-bond acceptors (Lipinski definition) is 6. The van der Waals surface area contributed by atoms with Gasteiger partial charge in [0.2, 0.25) is 5.91 Å². The molecule has 2 amide bonds. The van der Waals surface area contributed by atoms with Gasteiger partial charge in [0.1, 0.15) is 0 Å². The van der Waals surface area contributed by atoms with Crippen molar-refractivity contribution in [3.63, 3.8) is 0 Å². The maximum absolute atomic E-state index is 12.6. The van der Waals surface area contributed by atoms with Crippen molar-refractivity contribution in [2.45, 2.75) is 24.0 Å². The third-order valence-electron chi connectivity index (χ3n) is 4.50. The first-order valence-electron chi connectivity index (χ1n) is 8.81. The van der Waals surface area contributed by atoms with Gasteiger partial charge in [0.25, 0.3) is 5.91 Å². The molecule has 0 radical (unpaired) electrons. The average Bonchev–Trinajstić information content (AvgIpc) is 3.05. The molecule has 6 nitrogen and oxygen atoms in total. The van der Waals surface area contributed by atoms with Crippen LogP contribution in [0.15, 0.2) is 32.9 Å². The van der Waals surface area contributed by atoms with Crippen LogP contribution in [0.3, 0.4) is 0 Å². The van der Waals surface area contributed by atoms with Gasteiger partial charge in [-0.05, 0) is 44.0 Å². The van der Waals surface area contributed by atoms with E-state index in [1.54, 1.807) is 17.0 Å². The summed E-state index contributed by atoms with van der Waals surface area (Å²) >= 11 is 6.20. The van der Waals surface area contributed by atoms with Crippen LogP contribution in [0, 0.1) is 24.2 Å². The minimum Gasteiger partial charge on any atom is -0.339 e. The summed E-state index contributed by atoms with van der Waals surface area (Å²) in [5.41, 5.74) is 1.49. The van der Waals surface area contributed by atoms with Gasteiger partial charge in [-0.3, -0.25) is 9.59 Å². The summed E-state index contributed by atoms with van der Waals surface area (Å²) in [5, 5.41) is 12.2. The first-order chi connectivity index (χ1) is 13.5. The highest BCUT2D eigenvalue weighted by Gasteiger charge is 2.28. The van der Waals surface area contributed by atoms with E-state index in [1.165, 1.54) is 23.1 Å². The molecule has 1 N–H and O–H groups in total. The van der Waals surface area contributed by atoms with E-state index in [-0.39, 0.29) is 17.7 Å². The van der Waals surface area contributed by atoms with Gasteiger partial charge in [0.05, 0.1) is 21.7 Å². The molecule has 0 unspecified atom stereocenters. The van der Waals surface area contributed by atoms with E-state index < -0.39 is 0 Å². The zero-order valence-electron chi connectivity index (χ0n) is 15.3. The molecule has 0 atom stereocenters. The number of nitrogens with one attached hydrogen (secondary N) is 1. The number of aryl methyl sites for hydroxylation is 1. The summed E-state index contributed by atoms with van der Waals surface area (Å²) in [7, 11) is 0. The Hall–Kier alpha value is -1.89. The maximum atomic E-state index is 12.6. The van der Waals surface area contributed by atoms with Crippen LogP contribution in [0.1, 0.15) is 28.9 Å². The van der Waals surface area contributed by atoms with E-state index in [2.05, 4.69) is 32.3 Å². The lowest BCUT2D eigenvalue weighted by molar-refractivity contribution is -0.121. The summed E-state index contributed by atoms with van der Waals surface area (Å²) in [6.07, 6.45) is 1.27. The van der Waals surface area contributed by atoms with E-state index in [0.717, 1.165) is 14.4 Å². The minimum absolute atomic E-state index is 0.000987. The average molecular weight is 479 g/mol. The fourth-order valence-corrected chi connectivity index (χ4v) is 5.06. The molecule has 0 aliphatic carbocycles. The van der Waals surface area contributed by atoms with Crippen LogP contribution in [0.25, 0.3) is 0 Å². The van der Waals surface area contributed by atoms with Gasteiger partial charge in [-0.1, -0.05) is 39.0 Å². The van der Waals surface area contributed by atoms with E-state index in [0.29, 0.717) is 42.4 Å². The highest BCUT2D eigenvalue weighted by Crippen LogP contribution is 2.32. The molecule has 0 saturated carbocycles. The first kappa shape index (κ1) is 20.8. The third-order valence-corrected chi connectivity index (χ3v) is 7.33. The first-order valence-corrected chi connectivity index (χ1v) is 11.4. The molecule has 146 valence electrons. The summed E-state index contributed by atoms with van der Waals surface area (Å²) in [5.74, 6) is 0.178. The molecule has 3 rings (SSSR count). The number of amides is 2. The Morgan fingerprint density at radius 1 is 1.36 bits per heavy atom. The van der Waals surface area contributed by atoms with Gasteiger partial charge in [0, 0.05) is 29.0 Å². The second-order valence-electron chi connectivity index (χ2n) is 6.40. The van der Waals surface area contributed by atoms with E-state index >= 15 is 0 Å². The molecule has 1 fully saturated rings. The molecule has 1 aromatic carbocycles. The minimum atomic E-state index is -0.131. The van der Waals surface area contributed by atoms with Gasteiger partial charge in [0.15, 0.2) is 5.13 Å². The zero-order chi connectivity index (χ0) is 20.1. The number of thioether (sulfide) groups is 1. The lowest BCUT2D eigenvalue weighted by Crippen LogP contribution is -2.41. The number of benzene rings is 1. The Morgan fingerprint density at radius 2 is 2.04 bits per heavy atom. The molecule has 0 spiro atoms. The second-order valence-corrected chi connectivity index (χ2v) is 9.56. The van der Waals surface area contributed by atoms with Crippen molar-refractivity contribution in [3.8, 4) is 6.07 Å². The molecular formula is C19H19BrN4O2S2. The van der Waals surface area contributed by atoms with Crippen LogP contribution in [-0.4, -0.2) is 40.5 Å². The molecule has 1 aliphatic rings. The van der Waals surface area contributed by atoms with E-state index in [9.17, 15) is 9.59 Å². The molecule has 1 saturated heterocycles. The molecule has 0 bridgehead atoms. The fourth-order valence-electron chi connectivity index (χ4n) is 2.99. The summed E-state index contributed by atoms with van der Waals surface area (Å²) in [6.45, 7) is 3.00.